The lowest BCUT2D eigenvalue weighted by Gasteiger charge is -2.12. The first kappa shape index (κ1) is 21.6. The standard InChI is InChI=1S/C24H17NO8/c1-30-18-4-3-5-19(31-2)22(18)24(27)32-16-10-11-17-20(13-16)33-21(23(17)26)12-14-6-8-15(9-7-14)25(28)29/h3-13H,1-2H3/b21-12-. The Morgan fingerprint density at radius 1 is 1.00 bits per heavy atom. The van der Waals surface area contributed by atoms with Crippen LogP contribution in [0, 0.1) is 10.1 Å². The molecule has 0 amide bonds. The summed E-state index contributed by atoms with van der Waals surface area (Å²) in [5.41, 5.74) is 0.931. The quantitative estimate of drug-likeness (QED) is 0.179. The minimum Gasteiger partial charge on any atom is -0.496 e. The fourth-order valence-corrected chi connectivity index (χ4v) is 3.28. The number of ether oxygens (including phenoxy) is 4. The first-order valence-corrected chi connectivity index (χ1v) is 9.67. The van der Waals surface area contributed by atoms with Gasteiger partial charge in [-0.05, 0) is 48.0 Å². The highest BCUT2D eigenvalue weighted by atomic mass is 16.6. The Bertz CT molecular complexity index is 1270. The molecule has 0 radical (unpaired) electrons. The van der Waals surface area contributed by atoms with Crippen molar-refractivity contribution in [2.45, 2.75) is 0 Å². The van der Waals surface area contributed by atoms with Gasteiger partial charge >= 0.3 is 5.97 Å². The number of carbonyl (C=O) groups is 2. The van der Waals surface area contributed by atoms with E-state index in [1.54, 1.807) is 18.2 Å². The van der Waals surface area contributed by atoms with E-state index in [1.807, 2.05) is 0 Å². The molecule has 166 valence electrons. The van der Waals surface area contributed by atoms with Gasteiger partial charge in [0.1, 0.15) is 28.6 Å². The van der Waals surface area contributed by atoms with Crippen molar-refractivity contribution in [1.29, 1.82) is 0 Å². The van der Waals surface area contributed by atoms with Crippen LogP contribution in [0.3, 0.4) is 0 Å². The molecule has 0 N–H and O–H groups in total. The monoisotopic (exact) mass is 447 g/mol. The summed E-state index contributed by atoms with van der Waals surface area (Å²) >= 11 is 0. The third-order valence-corrected chi connectivity index (χ3v) is 4.89. The van der Waals surface area contributed by atoms with Gasteiger partial charge in [0.05, 0.1) is 24.7 Å². The second-order valence-corrected chi connectivity index (χ2v) is 6.87. The van der Waals surface area contributed by atoms with Crippen LogP contribution in [0.15, 0.2) is 66.4 Å². The van der Waals surface area contributed by atoms with Crippen molar-refractivity contribution in [3.8, 4) is 23.0 Å². The van der Waals surface area contributed by atoms with E-state index in [4.69, 9.17) is 18.9 Å². The Labute approximate surface area is 187 Å². The summed E-state index contributed by atoms with van der Waals surface area (Å²) in [7, 11) is 2.86. The van der Waals surface area contributed by atoms with E-state index in [-0.39, 0.29) is 34.3 Å². The highest BCUT2D eigenvalue weighted by Gasteiger charge is 2.28. The van der Waals surface area contributed by atoms with E-state index in [0.717, 1.165) is 0 Å². The zero-order valence-electron chi connectivity index (χ0n) is 17.6. The van der Waals surface area contributed by atoms with E-state index in [2.05, 4.69) is 0 Å². The van der Waals surface area contributed by atoms with Gasteiger partial charge in [-0.3, -0.25) is 14.9 Å². The third kappa shape index (κ3) is 4.24. The molecule has 0 unspecified atom stereocenters. The summed E-state index contributed by atoms with van der Waals surface area (Å²) in [4.78, 5) is 35.7. The number of methoxy groups -OCH3 is 2. The number of nitro groups is 1. The lowest BCUT2D eigenvalue weighted by molar-refractivity contribution is -0.384. The molecule has 9 nitrogen and oxygen atoms in total. The lowest BCUT2D eigenvalue weighted by atomic mass is 10.1. The van der Waals surface area contributed by atoms with Crippen LogP contribution < -0.4 is 18.9 Å². The summed E-state index contributed by atoms with van der Waals surface area (Å²) in [6.45, 7) is 0. The highest BCUT2D eigenvalue weighted by Crippen LogP contribution is 2.36. The summed E-state index contributed by atoms with van der Waals surface area (Å²) < 4.78 is 21.6. The Hall–Kier alpha value is -4.66. The van der Waals surface area contributed by atoms with Crippen molar-refractivity contribution < 1.29 is 33.5 Å². The van der Waals surface area contributed by atoms with E-state index in [1.165, 1.54) is 62.8 Å². The number of benzene rings is 3. The second kappa shape index (κ2) is 8.83. The molecule has 4 rings (SSSR count). The van der Waals surface area contributed by atoms with Gasteiger partial charge in [-0.1, -0.05) is 6.07 Å². The molecule has 33 heavy (non-hydrogen) atoms. The van der Waals surface area contributed by atoms with Crippen LogP contribution in [-0.4, -0.2) is 30.9 Å². The molecular formula is C24H17NO8. The number of allylic oxidation sites excluding steroid dienone is 1. The maximum atomic E-state index is 12.8. The zero-order valence-corrected chi connectivity index (χ0v) is 17.6. The molecule has 3 aromatic rings. The molecule has 0 fully saturated rings. The van der Waals surface area contributed by atoms with E-state index in [9.17, 15) is 19.7 Å². The topological polar surface area (TPSA) is 114 Å². The maximum Gasteiger partial charge on any atom is 0.351 e. The van der Waals surface area contributed by atoms with E-state index >= 15 is 0 Å². The number of nitrogens with zero attached hydrogens (tertiary/aromatic N) is 1. The normalized spacial score (nSPS) is 13.3. The van der Waals surface area contributed by atoms with Gasteiger partial charge in [0.2, 0.25) is 5.78 Å². The van der Waals surface area contributed by atoms with Crippen molar-refractivity contribution in [3.05, 3.63) is 93.2 Å². The molecular weight excluding hydrogens is 430 g/mol. The van der Waals surface area contributed by atoms with Crippen molar-refractivity contribution in [3.63, 3.8) is 0 Å². The Balaban J connectivity index is 1.56. The molecule has 0 aliphatic carbocycles. The second-order valence-electron chi connectivity index (χ2n) is 6.87. The average Bonchev–Trinajstić information content (AvgIpc) is 3.13. The Morgan fingerprint density at radius 2 is 1.67 bits per heavy atom. The molecule has 9 heteroatoms. The number of hydrogen-bond donors (Lipinski definition) is 0. The highest BCUT2D eigenvalue weighted by molar-refractivity contribution is 6.14. The van der Waals surface area contributed by atoms with Crippen LogP contribution in [0.1, 0.15) is 26.3 Å². The minimum absolute atomic E-state index is 0.0497. The number of carbonyl (C=O) groups excluding carboxylic acids is 2. The molecule has 1 aliphatic rings. The summed E-state index contributed by atoms with van der Waals surface area (Å²) in [6, 6.07) is 15.0. The fourth-order valence-electron chi connectivity index (χ4n) is 3.28. The van der Waals surface area contributed by atoms with Crippen LogP contribution >= 0.6 is 0 Å². The van der Waals surface area contributed by atoms with Crippen LogP contribution in [0.25, 0.3) is 6.08 Å². The molecule has 0 atom stereocenters. The number of nitro benzene ring substituents is 1. The van der Waals surface area contributed by atoms with Crippen molar-refractivity contribution >= 4 is 23.5 Å². The summed E-state index contributed by atoms with van der Waals surface area (Å²) in [5, 5.41) is 10.8. The van der Waals surface area contributed by atoms with Crippen molar-refractivity contribution in [2.24, 2.45) is 0 Å². The largest absolute Gasteiger partial charge is 0.496 e. The van der Waals surface area contributed by atoms with Gasteiger partial charge in [0, 0.05) is 18.2 Å². The molecule has 1 aliphatic heterocycles. The van der Waals surface area contributed by atoms with Gasteiger partial charge in [-0.25, -0.2) is 4.79 Å². The summed E-state index contributed by atoms with van der Waals surface area (Å²) in [5.74, 6) is -0.0290. The number of fused-ring (bicyclic) bond motifs is 1. The smallest absolute Gasteiger partial charge is 0.351 e. The van der Waals surface area contributed by atoms with Gasteiger partial charge in [-0.2, -0.15) is 0 Å². The molecule has 3 aromatic carbocycles. The first-order valence-electron chi connectivity index (χ1n) is 9.67. The molecule has 0 saturated carbocycles. The van der Waals surface area contributed by atoms with Crippen LogP contribution in [0.5, 0.6) is 23.0 Å². The molecule has 0 bridgehead atoms. The first-order chi connectivity index (χ1) is 15.9. The fraction of sp³-hybridized carbons (Fsp3) is 0.0833. The third-order valence-electron chi connectivity index (χ3n) is 4.89. The molecule has 0 aromatic heterocycles. The number of rotatable bonds is 6. The molecule has 1 heterocycles. The van der Waals surface area contributed by atoms with Crippen LogP contribution in [-0.2, 0) is 0 Å². The minimum atomic E-state index is -0.699. The predicted octanol–water partition coefficient (Wildman–Crippen LogP) is 4.45. The SMILES string of the molecule is COc1cccc(OC)c1C(=O)Oc1ccc2c(c1)O/C(=C\c1ccc([N+](=O)[O-])cc1)C2=O. The van der Waals surface area contributed by atoms with Crippen LogP contribution in [0.4, 0.5) is 5.69 Å². The Morgan fingerprint density at radius 3 is 2.27 bits per heavy atom. The number of hydrogen-bond acceptors (Lipinski definition) is 8. The van der Waals surface area contributed by atoms with E-state index < -0.39 is 10.9 Å². The number of esters is 1. The maximum absolute atomic E-state index is 12.8. The lowest BCUT2D eigenvalue weighted by Crippen LogP contribution is -2.12. The molecule has 0 saturated heterocycles. The summed E-state index contributed by atoms with van der Waals surface area (Å²) in [6.07, 6.45) is 1.48. The molecule has 0 spiro atoms. The zero-order chi connectivity index (χ0) is 23.5. The Kier molecular flexibility index (Phi) is 5.77. The van der Waals surface area contributed by atoms with Crippen molar-refractivity contribution in [2.75, 3.05) is 14.2 Å². The van der Waals surface area contributed by atoms with Crippen molar-refractivity contribution in [1.82, 2.24) is 0 Å². The average molecular weight is 447 g/mol. The predicted molar refractivity (Wildman–Crippen MR) is 117 cm³/mol. The number of ketones is 1. The number of Topliss-reactive ketones (excluding diaryl/α,β-unsaturated/α-hetero) is 1. The van der Waals surface area contributed by atoms with Gasteiger partial charge in [-0.15, -0.1) is 0 Å². The van der Waals surface area contributed by atoms with Gasteiger partial charge in [0.25, 0.3) is 5.69 Å². The van der Waals surface area contributed by atoms with Crippen LogP contribution in [0.2, 0.25) is 0 Å². The van der Waals surface area contributed by atoms with Gasteiger partial charge < -0.3 is 18.9 Å². The van der Waals surface area contributed by atoms with Gasteiger partial charge in [0.15, 0.2) is 5.76 Å². The number of non-ortho nitro benzene ring substituents is 1. The van der Waals surface area contributed by atoms with E-state index in [0.29, 0.717) is 22.6 Å².